The number of carboxylic acid groups (broad SMARTS) is 1. The topological polar surface area (TPSA) is 103 Å². The number of carbonyl (C=O) groups excluding carboxylic acids is 2. The zero-order valence-corrected chi connectivity index (χ0v) is 6.84. The van der Waals surface area contributed by atoms with E-state index in [9.17, 15) is 19.2 Å². The van der Waals surface area contributed by atoms with E-state index in [0.29, 0.717) is 12.8 Å². The van der Waals surface area contributed by atoms with E-state index in [0.717, 1.165) is 0 Å². The normalized spacial score (nSPS) is 8.42. The molecule has 0 saturated heterocycles. The second-order valence-corrected chi connectivity index (χ2v) is 2.03. The van der Waals surface area contributed by atoms with Gasteiger partial charge in [0, 0.05) is 16.9 Å². The summed E-state index contributed by atoms with van der Waals surface area (Å²) in [6, 6.07) is 0. The fourth-order valence-corrected chi connectivity index (χ4v) is 0.577. The number of carboxylic acids is 1. The molecule has 0 rings (SSSR count). The fourth-order valence-electron chi connectivity index (χ4n) is 0.577. The molecule has 0 aromatic rings. The van der Waals surface area contributed by atoms with Crippen molar-refractivity contribution in [2.24, 2.45) is 0 Å². The standard InChI is InChI=1S/C6H9FO4.H3N/c7-11-6(10)4-2-1-3-5(8)9;/h1-4H2,(H,8,9);1H3. The van der Waals surface area contributed by atoms with Crippen LogP contribution in [-0.4, -0.2) is 11.9 Å². The number of halogens is 1. The Labute approximate surface area is 69.0 Å². The SMILES string of the molecule is O=C([O-])CCCCC(=O)OF.[NH4+]. The first-order valence-electron chi connectivity index (χ1n) is 3.18. The summed E-state index contributed by atoms with van der Waals surface area (Å²) < 4.78 is 11.0. The van der Waals surface area contributed by atoms with Crippen LogP contribution in [0, 0.1) is 0 Å². The van der Waals surface area contributed by atoms with Gasteiger partial charge >= 0.3 is 5.97 Å². The van der Waals surface area contributed by atoms with Crippen LogP contribution in [-0.2, 0) is 14.5 Å². The van der Waals surface area contributed by atoms with Gasteiger partial charge < -0.3 is 16.1 Å². The second kappa shape index (κ2) is 7.93. The lowest BCUT2D eigenvalue weighted by molar-refractivity contribution is -0.305. The highest BCUT2D eigenvalue weighted by molar-refractivity contribution is 5.68. The molecule has 12 heavy (non-hydrogen) atoms. The molecule has 0 aliphatic heterocycles. The van der Waals surface area contributed by atoms with Gasteiger partial charge in [-0.15, -0.1) is 0 Å². The molecule has 0 heterocycles. The van der Waals surface area contributed by atoms with E-state index in [1.54, 1.807) is 0 Å². The van der Waals surface area contributed by atoms with Crippen LogP contribution in [0.2, 0.25) is 0 Å². The number of quaternary nitrogens is 1. The smallest absolute Gasteiger partial charge is 0.348 e. The summed E-state index contributed by atoms with van der Waals surface area (Å²) in [6.07, 6.45) is 0.400. The summed E-state index contributed by atoms with van der Waals surface area (Å²) in [7, 11) is 0. The molecule has 0 aliphatic rings. The van der Waals surface area contributed by atoms with Crippen molar-refractivity contribution in [2.75, 3.05) is 0 Å². The van der Waals surface area contributed by atoms with Gasteiger partial charge in [-0.05, 0) is 19.3 Å². The number of hydrogen-bond acceptors (Lipinski definition) is 4. The van der Waals surface area contributed by atoms with Crippen molar-refractivity contribution in [3.8, 4) is 0 Å². The molecular weight excluding hydrogens is 169 g/mol. The predicted octanol–water partition coefficient (Wildman–Crippen LogP) is 0.101. The first kappa shape index (κ1) is 13.4. The molecule has 0 bridgehead atoms. The van der Waals surface area contributed by atoms with E-state index in [4.69, 9.17) is 0 Å². The summed E-state index contributed by atoms with van der Waals surface area (Å²) in [4.78, 5) is 22.8. The lowest BCUT2D eigenvalue weighted by atomic mass is 10.2. The van der Waals surface area contributed by atoms with Crippen LogP contribution in [0.1, 0.15) is 25.7 Å². The number of hydrogen-bond donors (Lipinski definition) is 1. The molecule has 6 heteroatoms. The Morgan fingerprint density at radius 1 is 1.25 bits per heavy atom. The third-order valence-electron chi connectivity index (χ3n) is 1.10. The molecule has 0 aromatic heterocycles. The molecule has 0 aliphatic carbocycles. The van der Waals surface area contributed by atoms with Gasteiger partial charge in [0.25, 0.3) is 0 Å². The first-order chi connectivity index (χ1) is 5.16. The summed E-state index contributed by atoms with van der Waals surface area (Å²) in [5.41, 5.74) is 0. The zero-order valence-electron chi connectivity index (χ0n) is 6.84. The van der Waals surface area contributed by atoms with Gasteiger partial charge in [0.2, 0.25) is 0 Å². The van der Waals surface area contributed by atoms with E-state index in [1.807, 2.05) is 0 Å². The maximum absolute atomic E-state index is 11.0. The Hall–Kier alpha value is -1.17. The van der Waals surface area contributed by atoms with Crippen molar-refractivity contribution in [3.05, 3.63) is 0 Å². The number of aliphatic carboxylic acids is 1. The molecular formula is C6H12FNO4. The number of unbranched alkanes of at least 4 members (excludes halogenated alkanes) is 1. The largest absolute Gasteiger partial charge is 0.550 e. The third kappa shape index (κ3) is 8.83. The highest BCUT2D eigenvalue weighted by Crippen LogP contribution is 2.00. The molecule has 0 spiro atoms. The summed E-state index contributed by atoms with van der Waals surface area (Å²) in [5.74, 6) is -2.14. The Balaban J connectivity index is 0. The minimum absolute atomic E-state index is 0. The van der Waals surface area contributed by atoms with Gasteiger partial charge in [0.1, 0.15) is 0 Å². The van der Waals surface area contributed by atoms with E-state index in [1.165, 1.54) is 0 Å². The Kier molecular flexibility index (Phi) is 8.87. The molecule has 0 aromatic carbocycles. The predicted molar refractivity (Wildman–Crippen MR) is 36.7 cm³/mol. The summed E-state index contributed by atoms with van der Waals surface area (Å²) >= 11 is 0. The van der Waals surface area contributed by atoms with Crippen molar-refractivity contribution in [2.45, 2.75) is 25.7 Å². The van der Waals surface area contributed by atoms with Gasteiger partial charge in [-0.1, -0.05) is 0 Å². The molecule has 0 radical (unpaired) electrons. The monoisotopic (exact) mass is 181 g/mol. The maximum Gasteiger partial charge on any atom is 0.348 e. The lowest BCUT2D eigenvalue weighted by Crippen LogP contribution is -2.21. The van der Waals surface area contributed by atoms with Gasteiger partial charge in [-0.25, -0.2) is 4.79 Å². The van der Waals surface area contributed by atoms with Crippen LogP contribution in [0.25, 0.3) is 0 Å². The Bertz CT molecular complexity index is 150. The number of rotatable bonds is 5. The van der Waals surface area contributed by atoms with E-state index in [-0.39, 0.29) is 19.0 Å². The van der Waals surface area contributed by atoms with Gasteiger partial charge in [-0.3, -0.25) is 4.94 Å². The molecule has 0 atom stereocenters. The number of carbonyl (C=O) groups is 2. The minimum atomic E-state index is -1.17. The highest BCUT2D eigenvalue weighted by atomic mass is 19.3. The van der Waals surface area contributed by atoms with Crippen molar-refractivity contribution in [3.63, 3.8) is 0 Å². The van der Waals surface area contributed by atoms with Crippen LogP contribution in [0.4, 0.5) is 4.53 Å². The fraction of sp³-hybridized carbons (Fsp3) is 0.667. The average molecular weight is 181 g/mol. The van der Waals surface area contributed by atoms with Crippen molar-refractivity contribution in [1.82, 2.24) is 6.15 Å². The molecule has 0 saturated carbocycles. The van der Waals surface area contributed by atoms with E-state index < -0.39 is 11.9 Å². The van der Waals surface area contributed by atoms with Gasteiger partial charge in [0.15, 0.2) is 0 Å². The molecule has 5 nitrogen and oxygen atoms in total. The highest BCUT2D eigenvalue weighted by Gasteiger charge is 2.01. The Morgan fingerprint density at radius 3 is 2.17 bits per heavy atom. The second-order valence-electron chi connectivity index (χ2n) is 2.03. The van der Waals surface area contributed by atoms with Gasteiger partial charge in [0.05, 0.1) is 0 Å². The van der Waals surface area contributed by atoms with Crippen molar-refractivity contribution < 1.29 is 24.2 Å². The first-order valence-corrected chi connectivity index (χ1v) is 3.18. The molecule has 4 N–H and O–H groups in total. The average Bonchev–Trinajstić information content (AvgIpc) is 1.97. The van der Waals surface area contributed by atoms with Crippen LogP contribution in [0.15, 0.2) is 0 Å². The van der Waals surface area contributed by atoms with E-state index >= 15 is 0 Å². The third-order valence-corrected chi connectivity index (χ3v) is 1.10. The van der Waals surface area contributed by atoms with E-state index in [2.05, 4.69) is 4.94 Å². The van der Waals surface area contributed by atoms with Gasteiger partial charge in [-0.2, -0.15) is 0 Å². The molecule has 0 unspecified atom stereocenters. The Morgan fingerprint density at radius 2 is 1.75 bits per heavy atom. The summed E-state index contributed by atoms with van der Waals surface area (Å²) in [5, 5.41) is 9.81. The van der Waals surface area contributed by atoms with Crippen LogP contribution in [0.3, 0.4) is 0 Å². The van der Waals surface area contributed by atoms with Crippen molar-refractivity contribution >= 4 is 11.9 Å². The zero-order chi connectivity index (χ0) is 8.69. The van der Waals surface area contributed by atoms with Crippen LogP contribution >= 0.6 is 0 Å². The minimum Gasteiger partial charge on any atom is -0.550 e. The molecule has 0 amide bonds. The molecule has 0 fully saturated rings. The quantitative estimate of drug-likeness (QED) is 0.607. The van der Waals surface area contributed by atoms with Crippen LogP contribution in [0.5, 0.6) is 0 Å². The maximum atomic E-state index is 11.0. The van der Waals surface area contributed by atoms with Crippen molar-refractivity contribution in [1.29, 1.82) is 0 Å². The van der Waals surface area contributed by atoms with Crippen LogP contribution < -0.4 is 11.3 Å². The lowest BCUT2D eigenvalue weighted by Gasteiger charge is -1.98. The molecule has 72 valence electrons. The summed E-state index contributed by atoms with van der Waals surface area (Å²) in [6.45, 7) is 0.